The molecule has 0 saturated carbocycles. The normalized spacial score (nSPS) is 11.0. The predicted molar refractivity (Wildman–Crippen MR) is 84.6 cm³/mol. The highest BCUT2D eigenvalue weighted by Crippen LogP contribution is 2.21. The smallest absolute Gasteiger partial charge is 0.00481 e. The summed E-state index contributed by atoms with van der Waals surface area (Å²) in [4.78, 5) is 3.21. The van der Waals surface area contributed by atoms with Gasteiger partial charge in [-0.2, -0.15) is 0 Å². The standard InChI is InChI=1S/C17H30S/c1-3-5-7-9-11-13-17-15-14-16(18-17)12-10-8-6-4-2/h14-15H,3-13H2,1-2H3. The van der Waals surface area contributed by atoms with Crippen LogP contribution in [0.2, 0.25) is 0 Å². The summed E-state index contributed by atoms with van der Waals surface area (Å²) < 4.78 is 0. The van der Waals surface area contributed by atoms with Crippen molar-refractivity contribution in [1.29, 1.82) is 0 Å². The minimum Gasteiger partial charge on any atom is -0.145 e. The Kier molecular flexibility index (Phi) is 9.28. The van der Waals surface area contributed by atoms with Gasteiger partial charge in [-0.05, 0) is 37.8 Å². The maximum Gasteiger partial charge on any atom is 0.00481 e. The highest BCUT2D eigenvalue weighted by Gasteiger charge is 2.00. The summed E-state index contributed by atoms with van der Waals surface area (Å²) >= 11 is 2.05. The quantitative estimate of drug-likeness (QED) is 0.407. The van der Waals surface area contributed by atoms with E-state index in [0.29, 0.717) is 0 Å². The van der Waals surface area contributed by atoms with E-state index >= 15 is 0 Å². The third-order valence-electron chi connectivity index (χ3n) is 3.52. The van der Waals surface area contributed by atoms with Crippen molar-refractivity contribution in [1.82, 2.24) is 0 Å². The number of unbranched alkanes of at least 4 members (excludes halogenated alkanes) is 7. The van der Waals surface area contributed by atoms with Gasteiger partial charge in [-0.15, -0.1) is 11.3 Å². The molecule has 1 aromatic rings. The highest BCUT2D eigenvalue weighted by atomic mass is 32.1. The van der Waals surface area contributed by atoms with E-state index in [1.807, 2.05) is 0 Å². The molecule has 0 nitrogen and oxygen atoms in total. The largest absolute Gasteiger partial charge is 0.145 e. The van der Waals surface area contributed by atoms with Crippen molar-refractivity contribution in [3.8, 4) is 0 Å². The fourth-order valence-electron chi connectivity index (χ4n) is 2.32. The van der Waals surface area contributed by atoms with E-state index in [9.17, 15) is 0 Å². The van der Waals surface area contributed by atoms with Crippen LogP contribution >= 0.6 is 11.3 Å². The summed E-state index contributed by atoms with van der Waals surface area (Å²) in [5.74, 6) is 0. The zero-order valence-corrected chi connectivity index (χ0v) is 13.2. The summed E-state index contributed by atoms with van der Waals surface area (Å²) in [5.41, 5.74) is 0. The number of thiophene rings is 1. The summed E-state index contributed by atoms with van der Waals surface area (Å²) in [7, 11) is 0. The van der Waals surface area contributed by atoms with Crippen LogP contribution in [0.5, 0.6) is 0 Å². The third kappa shape index (κ3) is 7.20. The molecule has 0 aliphatic heterocycles. The highest BCUT2D eigenvalue weighted by molar-refractivity contribution is 7.11. The lowest BCUT2D eigenvalue weighted by molar-refractivity contribution is 0.634. The van der Waals surface area contributed by atoms with Crippen LogP contribution in [0.25, 0.3) is 0 Å². The van der Waals surface area contributed by atoms with E-state index in [1.54, 1.807) is 9.75 Å². The molecule has 0 radical (unpaired) electrons. The molecule has 1 heterocycles. The molecule has 0 saturated heterocycles. The average Bonchev–Trinajstić information content (AvgIpc) is 2.82. The van der Waals surface area contributed by atoms with Gasteiger partial charge in [-0.3, -0.25) is 0 Å². The van der Waals surface area contributed by atoms with Gasteiger partial charge in [0.15, 0.2) is 0 Å². The van der Waals surface area contributed by atoms with Crippen molar-refractivity contribution in [2.24, 2.45) is 0 Å². The van der Waals surface area contributed by atoms with Crippen LogP contribution in [-0.2, 0) is 12.8 Å². The van der Waals surface area contributed by atoms with Crippen molar-refractivity contribution in [3.63, 3.8) is 0 Å². The van der Waals surface area contributed by atoms with E-state index < -0.39 is 0 Å². The zero-order valence-electron chi connectivity index (χ0n) is 12.3. The van der Waals surface area contributed by atoms with Gasteiger partial charge in [0, 0.05) is 9.75 Å². The molecule has 0 N–H and O–H groups in total. The Morgan fingerprint density at radius 2 is 1.11 bits per heavy atom. The fourth-order valence-corrected chi connectivity index (χ4v) is 3.42. The first-order valence-electron chi connectivity index (χ1n) is 7.94. The van der Waals surface area contributed by atoms with Gasteiger partial charge in [0.25, 0.3) is 0 Å². The zero-order chi connectivity index (χ0) is 13.1. The van der Waals surface area contributed by atoms with Gasteiger partial charge in [0.1, 0.15) is 0 Å². The van der Waals surface area contributed by atoms with E-state index in [1.165, 1.54) is 70.6 Å². The second-order valence-corrected chi connectivity index (χ2v) is 6.60. The molecule has 1 heteroatoms. The summed E-state index contributed by atoms with van der Waals surface area (Å²) in [6.45, 7) is 4.56. The first kappa shape index (κ1) is 15.8. The number of rotatable bonds is 11. The van der Waals surface area contributed by atoms with Gasteiger partial charge in [-0.25, -0.2) is 0 Å². The van der Waals surface area contributed by atoms with Crippen molar-refractivity contribution < 1.29 is 0 Å². The number of hydrogen-bond donors (Lipinski definition) is 0. The van der Waals surface area contributed by atoms with Crippen LogP contribution in [0.3, 0.4) is 0 Å². The van der Waals surface area contributed by atoms with Crippen molar-refractivity contribution in [2.75, 3.05) is 0 Å². The molecule has 1 aromatic heterocycles. The molecule has 0 aliphatic rings. The molecular weight excluding hydrogens is 236 g/mol. The Hall–Kier alpha value is -0.300. The minimum atomic E-state index is 1.31. The molecular formula is C17H30S. The van der Waals surface area contributed by atoms with E-state index in [2.05, 4.69) is 37.3 Å². The molecule has 104 valence electrons. The topological polar surface area (TPSA) is 0 Å². The molecule has 0 aromatic carbocycles. The van der Waals surface area contributed by atoms with Crippen LogP contribution in [0.1, 0.15) is 81.4 Å². The third-order valence-corrected chi connectivity index (χ3v) is 4.73. The predicted octanol–water partition coefficient (Wildman–Crippen LogP) is 6.38. The van der Waals surface area contributed by atoms with Crippen molar-refractivity contribution in [3.05, 3.63) is 21.9 Å². The van der Waals surface area contributed by atoms with Crippen LogP contribution in [0, 0.1) is 0 Å². The maximum absolute atomic E-state index is 2.36. The lowest BCUT2D eigenvalue weighted by atomic mass is 10.1. The second-order valence-electron chi connectivity index (χ2n) is 5.34. The fraction of sp³-hybridized carbons (Fsp3) is 0.765. The van der Waals surface area contributed by atoms with Crippen LogP contribution in [-0.4, -0.2) is 0 Å². The molecule has 0 spiro atoms. The Morgan fingerprint density at radius 3 is 1.61 bits per heavy atom. The lowest BCUT2D eigenvalue weighted by Crippen LogP contribution is -1.82. The Labute approximate surface area is 118 Å². The maximum atomic E-state index is 2.36. The molecule has 0 unspecified atom stereocenters. The van der Waals surface area contributed by atoms with Gasteiger partial charge in [-0.1, -0.05) is 58.8 Å². The van der Waals surface area contributed by atoms with Gasteiger partial charge in [0.05, 0.1) is 0 Å². The van der Waals surface area contributed by atoms with E-state index in [0.717, 1.165) is 0 Å². The van der Waals surface area contributed by atoms with Crippen LogP contribution in [0.4, 0.5) is 0 Å². The summed E-state index contributed by atoms with van der Waals surface area (Å²) in [5, 5.41) is 0. The van der Waals surface area contributed by atoms with E-state index in [-0.39, 0.29) is 0 Å². The average molecular weight is 266 g/mol. The summed E-state index contributed by atoms with van der Waals surface area (Å²) in [6.07, 6.45) is 15.1. The van der Waals surface area contributed by atoms with Gasteiger partial charge < -0.3 is 0 Å². The molecule has 0 amide bonds. The first-order chi connectivity index (χ1) is 8.86. The Morgan fingerprint density at radius 1 is 0.667 bits per heavy atom. The van der Waals surface area contributed by atoms with Gasteiger partial charge in [0.2, 0.25) is 0 Å². The Bertz CT molecular complexity index is 288. The molecule has 0 bridgehead atoms. The lowest BCUT2D eigenvalue weighted by Gasteiger charge is -1.99. The summed E-state index contributed by atoms with van der Waals surface area (Å²) in [6, 6.07) is 4.72. The number of hydrogen-bond acceptors (Lipinski definition) is 1. The van der Waals surface area contributed by atoms with E-state index in [4.69, 9.17) is 0 Å². The van der Waals surface area contributed by atoms with Gasteiger partial charge >= 0.3 is 0 Å². The van der Waals surface area contributed by atoms with Crippen molar-refractivity contribution in [2.45, 2.75) is 84.5 Å². The Balaban J connectivity index is 2.10. The second kappa shape index (κ2) is 10.6. The molecule has 0 atom stereocenters. The molecule has 1 rings (SSSR count). The van der Waals surface area contributed by atoms with Crippen LogP contribution in [0.15, 0.2) is 12.1 Å². The number of aryl methyl sites for hydroxylation is 2. The molecule has 0 aliphatic carbocycles. The van der Waals surface area contributed by atoms with Crippen LogP contribution < -0.4 is 0 Å². The van der Waals surface area contributed by atoms with Crippen molar-refractivity contribution >= 4 is 11.3 Å². The monoisotopic (exact) mass is 266 g/mol. The first-order valence-corrected chi connectivity index (χ1v) is 8.76. The SMILES string of the molecule is CCCCCCCc1ccc(CCCCCC)s1. The molecule has 18 heavy (non-hydrogen) atoms. The molecule has 0 fully saturated rings. The minimum absolute atomic E-state index is 1.31.